The maximum atomic E-state index is 10.0. The van der Waals surface area contributed by atoms with Crippen LogP contribution in [0.1, 0.15) is 0 Å². The van der Waals surface area contributed by atoms with Gasteiger partial charge in [-0.25, -0.2) is 0 Å². The van der Waals surface area contributed by atoms with Crippen LogP contribution in [0.3, 0.4) is 0 Å². The molecule has 10 nitrogen and oxygen atoms in total. The van der Waals surface area contributed by atoms with Gasteiger partial charge in [-0.3, -0.25) is 0 Å². The van der Waals surface area contributed by atoms with Gasteiger partial charge < -0.3 is 49.6 Å². The van der Waals surface area contributed by atoms with Crippen LogP contribution >= 0.6 is 0 Å². The predicted octanol–water partition coefficient (Wildman–Crippen LogP) is -4.10. The highest BCUT2D eigenvalue weighted by molar-refractivity contribution is 4.91. The molecule has 22 heavy (non-hydrogen) atoms. The molecule has 0 aliphatic carbocycles. The number of aliphatic hydroxyl groups excluding tert-OH is 6. The van der Waals surface area contributed by atoms with Gasteiger partial charge in [0.05, 0.1) is 13.2 Å². The van der Waals surface area contributed by atoms with Crippen LogP contribution in [-0.2, 0) is 18.9 Å². The molecule has 2 saturated heterocycles. The normalized spacial score (nSPS) is 50.0. The molecular weight excluding hydrogens is 304 g/mol. The van der Waals surface area contributed by atoms with Crippen LogP contribution < -0.4 is 0 Å². The summed E-state index contributed by atoms with van der Waals surface area (Å²) in [5, 5.41) is 58.2. The number of rotatable bonds is 4. The lowest BCUT2D eigenvalue weighted by atomic mass is 9.98. The van der Waals surface area contributed by atoms with Gasteiger partial charge in [-0.15, -0.1) is 0 Å². The third-order valence-corrected chi connectivity index (χ3v) is 3.80. The van der Waals surface area contributed by atoms with E-state index in [9.17, 15) is 25.5 Å². The van der Waals surface area contributed by atoms with Crippen LogP contribution in [0, 0.1) is 0 Å². The minimum atomic E-state index is -1.62. The summed E-state index contributed by atoms with van der Waals surface area (Å²) in [4.78, 5) is 0. The SMILES string of the molecule is CO[C@@H]1OC[C@H](O)C(O[C@H]2OC(CO)[C@@H](O)C(O)C2O)C1O. The second kappa shape index (κ2) is 7.45. The molecule has 0 saturated carbocycles. The van der Waals surface area contributed by atoms with E-state index in [0.29, 0.717) is 0 Å². The van der Waals surface area contributed by atoms with Crippen molar-refractivity contribution in [2.45, 2.75) is 55.3 Å². The summed E-state index contributed by atoms with van der Waals surface area (Å²) in [6.45, 7) is -0.776. The van der Waals surface area contributed by atoms with Crippen molar-refractivity contribution in [1.29, 1.82) is 0 Å². The fourth-order valence-electron chi connectivity index (χ4n) is 2.48. The first-order chi connectivity index (χ1) is 10.4. The van der Waals surface area contributed by atoms with Gasteiger partial charge in [0, 0.05) is 7.11 Å². The Kier molecular flexibility index (Phi) is 6.07. The first-order valence-corrected chi connectivity index (χ1v) is 6.87. The smallest absolute Gasteiger partial charge is 0.187 e. The molecular formula is C12H22O10. The maximum absolute atomic E-state index is 10.0. The van der Waals surface area contributed by atoms with Gasteiger partial charge in [-0.2, -0.15) is 0 Å². The second-order valence-corrected chi connectivity index (χ2v) is 5.29. The standard InChI is InChI=1S/C12H22O10/c1-19-11-9(18)10(4(14)3-20-11)22-12-8(17)7(16)6(15)5(2-13)21-12/h4-18H,2-3H2,1H3/t4-,5?,6+,7?,8?,9?,10?,11+,12+/m0/s1. The van der Waals surface area contributed by atoms with Crippen molar-refractivity contribution in [1.82, 2.24) is 0 Å². The molecule has 130 valence electrons. The Hall–Kier alpha value is -0.400. The van der Waals surface area contributed by atoms with E-state index in [1.165, 1.54) is 7.11 Å². The number of hydrogen-bond donors (Lipinski definition) is 6. The van der Waals surface area contributed by atoms with Gasteiger partial charge in [0.25, 0.3) is 0 Å². The van der Waals surface area contributed by atoms with Gasteiger partial charge in [0.2, 0.25) is 0 Å². The summed E-state index contributed by atoms with van der Waals surface area (Å²) in [6, 6.07) is 0. The van der Waals surface area contributed by atoms with Gasteiger partial charge >= 0.3 is 0 Å². The monoisotopic (exact) mass is 326 g/mol. The van der Waals surface area contributed by atoms with Crippen LogP contribution in [0.25, 0.3) is 0 Å². The summed E-state index contributed by atoms with van der Waals surface area (Å²) in [5.74, 6) is 0. The van der Waals surface area contributed by atoms with E-state index in [1.54, 1.807) is 0 Å². The minimum absolute atomic E-state index is 0.169. The van der Waals surface area contributed by atoms with E-state index in [2.05, 4.69) is 0 Å². The summed E-state index contributed by atoms with van der Waals surface area (Å²) >= 11 is 0. The molecule has 0 radical (unpaired) electrons. The summed E-state index contributed by atoms with van der Waals surface area (Å²) in [6.07, 6.45) is -12.2. The Labute approximate surface area is 126 Å². The second-order valence-electron chi connectivity index (χ2n) is 5.29. The fourth-order valence-corrected chi connectivity index (χ4v) is 2.48. The van der Waals surface area contributed by atoms with E-state index in [-0.39, 0.29) is 6.61 Å². The van der Waals surface area contributed by atoms with Crippen molar-refractivity contribution in [3.63, 3.8) is 0 Å². The Morgan fingerprint density at radius 3 is 2.23 bits per heavy atom. The van der Waals surface area contributed by atoms with Crippen molar-refractivity contribution in [2.24, 2.45) is 0 Å². The quantitative estimate of drug-likeness (QED) is 0.300. The van der Waals surface area contributed by atoms with Crippen molar-refractivity contribution >= 4 is 0 Å². The molecule has 5 unspecified atom stereocenters. The molecule has 2 fully saturated rings. The zero-order chi connectivity index (χ0) is 16.4. The highest BCUT2D eigenvalue weighted by Crippen LogP contribution is 2.27. The first-order valence-electron chi connectivity index (χ1n) is 6.87. The first kappa shape index (κ1) is 17.9. The Morgan fingerprint density at radius 2 is 1.64 bits per heavy atom. The van der Waals surface area contributed by atoms with Crippen molar-refractivity contribution in [3.8, 4) is 0 Å². The Bertz CT molecular complexity index is 353. The average molecular weight is 326 g/mol. The average Bonchev–Trinajstić information content (AvgIpc) is 2.51. The van der Waals surface area contributed by atoms with Crippen molar-refractivity contribution < 1.29 is 49.6 Å². The molecule has 0 bridgehead atoms. The highest BCUT2D eigenvalue weighted by Gasteiger charge is 2.48. The molecule has 9 atom stereocenters. The largest absolute Gasteiger partial charge is 0.394 e. The van der Waals surface area contributed by atoms with E-state index in [4.69, 9.17) is 24.1 Å². The molecule has 2 aliphatic rings. The lowest BCUT2D eigenvalue weighted by Crippen LogP contribution is -2.62. The number of aliphatic hydroxyl groups is 6. The molecule has 6 N–H and O–H groups in total. The molecule has 0 aromatic rings. The van der Waals surface area contributed by atoms with Crippen LogP contribution in [-0.4, -0.2) is 106 Å². The van der Waals surface area contributed by atoms with Gasteiger partial charge in [0.1, 0.15) is 42.7 Å². The highest BCUT2D eigenvalue weighted by atomic mass is 16.7. The minimum Gasteiger partial charge on any atom is -0.394 e. The maximum Gasteiger partial charge on any atom is 0.187 e. The zero-order valence-corrected chi connectivity index (χ0v) is 11.9. The molecule has 2 heterocycles. The van der Waals surface area contributed by atoms with Crippen molar-refractivity contribution in [2.75, 3.05) is 20.3 Å². The van der Waals surface area contributed by atoms with E-state index in [1.807, 2.05) is 0 Å². The number of methoxy groups -OCH3 is 1. The Balaban J connectivity index is 2.07. The van der Waals surface area contributed by atoms with E-state index in [0.717, 1.165) is 0 Å². The summed E-state index contributed by atoms with van der Waals surface area (Å²) < 4.78 is 20.4. The van der Waals surface area contributed by atoms with Crippen LogP contribution in [0.5, 0.6) is 0 Å². The zero-order valence-electron chi connectivity index (χ0n) is 11.9. The molecule has 2 rings (SSSR count). The number of ether oxygens (including phenoxy) is 4. The Morgan fingerprint density at radius 1 is 0.955 bits per heavy atom. The van der Waals surface area contributed by atoms with Crippen LogP contribution in [0.4, 0.5) is 0 Å². The molecule has 10 heteroatoms. The predicted molar refractivity (Wildman–Crippen MR) is 67.4 cm³/mol. The summed E-state index contributed by atoms with van der Waals surface area (Å²) in [7, 11) is 1.30. The molecule has 0 amide bonds. The van der Waals surface area contributed by atoms with Gasteiger partial charge in [-0.1, -0.05) is 0 Å². The molecule has 0 spiro atoms. The number of hydrogen-bond acceptors (Lipinski definition) is 10. The molecule has 0 aromatic heterocycles. The van der Waals surface area contributed by atoms with Crippen LogP contribution in [0.2, 0.25) is 0 Å². The molecule has 2 aliphatic heterocycles. The third-order valence-electron chi connectivity index (χ3n) is 3.80. The van der Waals surface area contributed by atoms with Crippen molar-refractivity contribution in [3.05, 3.63) is 0 Å². The van der Waals surface area contributed by atoms with Crippen LogP contribution in [0.15, 0.2) is 0 Å². The molecule has 0 aromatic carbocycles. The van der Waals surface area contributed by atoms with Gasteiger partial charge in [0.15, 0.2) is 12.6 Å². The summed E-state index contributed by atoms with van der Waals surface area (Å²) in [5.41, 5.74) is 0. The van der Waals surface area contributed by atoms with E-state index < -0.39 is 61.9 Å². The lowest BCUT2D eigenvalue weighted by molar-refractivity contribution is -0.347. The topological polar surface area (TPSA) is 158 Å². The lowest BCUT2D eigenvalue weighted by Gasteiger charge is -2.43. The van der Waals surface area contributed by atoms with Gasteiger partial charge in [-0.05, 0) is 0 Å². The third kappa shape index (κ3) is 3.41. The fraction of sp³-hybridized carbons (Fsp3) is 1.00. The van der Waals surface area contributed by atoms with E-state index >= 15 is 0 Å².